The van der Waals surface area contributed by atoms with E-state index >= 15 is 0 Å². The van der Waals surface area contributed by atoms with Crippen molar-refractivity contribution in [3.05, 3.63) is 58.4 Å². The van der Waals surface area contributed by atoms with E-state index in [-0.39, 0.29) is 24.6 Å². The van der Waals surface area contributed by atoms with E-state index in [1.807, 2.05) is 6.07 Å². The van der Waals surface area contributed by atoms with Gasteiger partial charge in [0.25, 0.3) is 11.5 Å². The quantitative estimate of drug-likeness (QED) is 0.604. The van der Waals surface area contributed by atoms with Crippen LogP contribution in [0.2, 0.25) is 0 Å². The highest BCUT2D eigenvalue weighted by atomic mass is 16.5. The molecule has 8 heteroatoms. The third-order valence-electron chi connectivity index (χ3n) is 4.33. The topological polar surface area (TPSA) is 98.9 Å². The van der Waals surface area contributed by atoms with Gasteiger partial charge in [-0.3, -0.25) is 9.59 Å². The second-order valence-electron chi connectivity index (χ2n) is 6.13. The first-order valence-electron chi connectivity index (χ1n) is 8.86. The SMILES string of the molecule is COc1cc2cc(CNC(=O)COc3ccccc3OC)c(=O)[nH]c2cc1OC. The number of para-hydroxylation sites is 2. The molecule has 0 aliphatic carbocycles. The summed E-state index contributed by atoms with van der Waals surface area (Å²) in [6, 6.07) is 12.2. The van der Waals surface area contributed by atoms with Gasteiger partial charge >= 0.3 is 0 Å². The molecule has 1 heterocycles. The fraction of sp³-hybridized carbons (Fsp3) is 0.238. The molecule has 0 unspecified atom stereocenters. The monoisotopic (exact) mass is 398 g/mol. The number of hydrogen-bond acceptors (Lipinski definition) is 6. The van der Waals surface area contributed by atoms with Gasteiger partial charge in [0.05, 0.1) is 26.8 Å². The van der Waals surface area contributed by atoms with Crippen LogP contribution in [0.3, 0.4) is 0 Å². The molecule has 0 spiro atoms. The summed E-state index contributed by atoms with van der Waals surface area (Å²) < 4.78 is 21.2. The van der Waals surface area contributed by atoms with Gasteiger partial charge in [0.1, 0.15) is 0 Å². The Hall–Kier alpha value is -3.68. The van der Waals surface area contributed by atoms with Crippen LogP contribution in [0.4, 0.5) is 0 Å². The summed E-state index contributed by atoms with van der Waals surface area (Å²) in [5.41, 5.74) is 0.730. The lowest BCUT2D eigenvalue weighted by Gasteiger charge is -2.11. The van der Waals surface area contributed by atoms with Gasteiger partial charge in [0.2, 0.25) is 0 Å². The Labute approximate surface area is 167 Å². The second kappa shape index (κ2) is 9.01. The van der Waals surface area contributed by atoms with Crippen molar-refractivity contribution in [3.63, 3.8) is 0 Å². The molecule has 0 aliphatic heterocycles. The number of fused-ring (bicyclic) bond motifs is 1. The molecule has 1 amide bonds. The fourth-order valence-corrected chi connectivity index (χ4v) is 2.84. The van der Waals surface area contributed by atoms with Crippen LogP contribution in [0, 0.1) is 0 Å². The molecule has 2 N–H and O–H groups in total. The van der Waals surface area contributed by atoms with E-state index in [1.54, 1.807) is 36.4 Å². The molecule has 29 heavy (non-hydrogen) atoms. The number of rotatable bonds is 8. The van der Waals surface area contributed by atoms with Crippen molar-refractivity contribution < 1.29 is 23.7 Å². The Bertz CT molecular complexity index is 1080. The lowest BCUT2D eigenvalue weighted by Crippen LogP contribution is -2.30. The average molecular weight is 398 g/mol. The van der Waals surface area contributed by atoms with Crippen molar-refractivity contribution in [2.24, 2.45) is 0 Å². The molecule has 0 saturated carbocycles. The van der Waals surface area contributed by atoms with E-state index in [0.29, 0.717) is 34.1 Å². The third kappa shape index (κ3) is 4.60. The van der Waals surface area contributed by atoms with Crippen LogP contribution in [0.25, 0.3) is 10.9 Å². The molecule has 3 aromatic rings. The smallest absolute Gasteiger partial charge is 0.258 e. The van der Waals surface area contributed by atoms with E-state index in [0.717, 1.165) is 5.39 Å². The highest BCUT2D eigenvalue weighted by molar-refractivity contribution is 5.83. The fourth-order valence-electron chi connectivity index (χ4n) is 2.84. The normalized spacial score (nSPS) is 10.4. The Morgan fingerprint density at radius 2 is 1.59 bits per heavy atom. The predicted molar refractivity (Wildman–Crippen MR) is 108 cm³/mol. The number of H-pyrrole nitrogens is 1. The first kappa shape index (κ1) is 20.1. The number of carbonyl (C=O) groups excluding carboxylic acids is 1. The van der Waals surface area contributed by atoms with E-state index < -0.39 is 0 Å². The summed E-state index contributed by atoms with van der Waals surface area (Å²) >= 11 is 0. The number of aromatic amines is 1. The van der Waals surface area contributed by atoms with Crippen molar-refractivity contribution in [1.29, 1.82) is 0 Å². The molecule has 0 bridgehead atoms. The maximum atomic E-state index is 12.3. The summed E-state index contributed by atoms with van der Waals surface area (Å²) in [6.07, 6.45) is 0. The van der Waals surface area contributed by atoms with Crippen LogP contribution < -0.4 is 29.8 Å². The Balaban J connectivity index is 1.68. The maximum Gasteiger partial charge on any atom is 0.258 e. The average Bonchev–Trinajstić information content (AvgIpc) is 2.75. The number of methoxy groups -OCH3 is 3. The predicted octanol–water partition coefficient (Wildman–Crippen LogP) is 2.25. The zero-order valence-electron chi connectivity index (χ0n) is 16.4. The van der Waals surface area contributed by atoms with Gasteiger partial charge in [-0.15, -0.1) is 0 Å². The van der Waals surface area contributed by atoms with Gasteiger partial charge in [-0.25, -0.2) is 0 Å². The van der Waals surface area contributed by atoms with E-state index in [1.165, 1.54) is 21.3 Å². The molecule has 0 fully saturated rings. The number of aromatic nitrogens is 1. The van der Waals surface area contributed by atoms with Crippen LogP contribution in [-0.2, 0) is 11.3 Å². The highest BCUT2D eigenvalue weighted by Crippen LogP contribution is 2.31. The minimum absolute atomic E-state index is 0.0632. The van der Waals surface area contributed by atoms with E-state index in [9.17, 15) is 9.59 Å². The minimum atomic E-state index is -0.359. The second-order valence-corrected chi connectivity index (χ2v) is 6.13. The summed E-state index contributed by atoms with van der Waals surface area (Å²) in [6.45, 7) is -0.134. The number of pyridine rings is 1. The van der Waals surface area contributed by atoms with Gasteiger partial charge in [-0.2, -0.15) is 0 Å². The van der Waals surface area contributed by atoms with Crippen LogP contribution >= 0.6 is 0 Å². The van der Waals surface area contributed by atoms with Crippen LogP contribution in [-0.4, -0.2) is 38.8 Å². The Morgan fingerprint density at radius 3 is 2.28 bits per heavy atom. The van der Waals surface area contributed by atoms with Crippen LogP contribution in [0.1, 0.15) is 5.56 Å². The first-order chi connectivity index (χ1) is 14.0. The lowest BCUT2D eigenvalue weighted by molar-refractivity contribution is -0.123. The highest BCUT2D eigenvalue weighted by Gasteiger charge is 2.11. The third-order valence-corrected chi connectivity index (χ3v) is 4.33. The zero-order valence-corrected chi connectivity index (χ0v) is 16.4. The molecule has 0 radical (unpaired) electrons. The largest absolute Gasteiger partial charge is 0.493 e. The van der Waals surface area contributed by atoms with Crippen LogP contribution in [0.5, 0.6) is 23.0 Å². The maximum absolute atomic E-state index is 12.3. The van der Waals surface area contributed by atoms with E-state index in [2.05, 4.69) is 10.3 Å². The Kier molecular flexibility index (Phi) is 6.23. The molecule has 8 nitrogen and oxygen atoms in total. The molecule has 0 atom stereocenters. The van der Waals surface area contributed by atoms with E-state index in [4.69, 9.17) is 18.9 Å². The molecule has 3 rings (SSSR count). The van der Waals surface area contributed by atoms with Gasteiger partial charge in [-0.1, -0.05) is 12.1 Å². The van der Waals surface area contributed by atoms with Crippen molar-refractivity contribution in [3.8, 4) is 23.0 Å². The van der Waals surface area contributed by atoms with Gasteiger partial charge in [-0.05, 0) is 24.3 Å². The van der Waals surface area contributed by atoms with Gasteiger partial charge in [0.15, 0.2) is 29.6 Å². The number of hydrogen-bond donors (Lipinski definition) is 2. The van der Waals surface area contributed by atoms with Crippen LogP contribution in [0.15, 0.2) is 47.3 Å². The molecule has 1 aromatic heterocycles. The van der Waals surface area contributed by atoms with Crippen molar-refractivity contribution in [1.82, 2.24) is 10.3 Å². The number of carbonyl (C=O) groups is 1. The molecular weight excluding hydrogens is 376 g/mol. The molecule has 2 aromatic carbocycles. The lowest BCUT2D eigenvalue weighted by atomic mass is 10.1. The summed E-state index contributed by atoms with van der Waals surface area (Å²) in [5.74, 6) is 1.71. The molecular formula is C21H22N2O6. The summed E-state index contributed by atoms with van der Waals surface area (Å²) in [4.78, 5) is 27.2. The number of benzene rings is 2. The summed E-state index contributed by atoms with van der Waals surface area (Å²) in [5, 5.41) is 3.44. The number of ether oxygens (including phenoxy) is 4. The zero-order chi connectivity index (χ0) is 20.8. The molecule has 0 aliphatic rings. The number of amides is 1. The Morgan fingerprint density at radius 1 is 0.931 bits per heavy atom. The standard InChI is InChI=1S/C21H22N2O6/c1-26-16-6-4-5-7-17(16)29-12-20(24)22-11-14-8-13-9-18(27-2)19(28-3)10-15(13)23-21(14)25/h4-10H,11-12H2,1-3H3,(H,22,24)(H,23,25). The minimum Gasteiger partial charge on any atom is -0.493 e. The molecule has 152 valence electrons. The van der Waals surface area contributed by atoms with Crippen molar-refractivity contribution in [2.45, 2.75) is 6.54 Å². The van der Waals surface area contributed by atoms with Crippen molar-refractivity contribution >= 4 is 16.8 Å². The van der Waals surface area contributed by atoms with Crippen molar-refractivity contribution in [2.75, 3.05) is 27.9 Å². The van der Waals surface area contributed by atoms with Gasteiger partial charge in [0, 0.05) is 23.6 Å². The molecule has 0 saturated heterocycles. The number of nitrogens with one attached hydrogen (secondary N) is 2. The summed E-state index contributed by atoms with van der Waals surface area (Å²) in [7, 11) is 4.59. The first-order valence-corrected chi connectivity index (χ1v) is 8.86. The van der Waals surface area contributed by atoms with Gasteiger partial charge < -0.3 is 29.2 Å².